The number of fused-ring (bicyclic) bond motifs is 1. The summed E-state index contributed by atoms with van der Waals surface area (Å²) in [5.41, 5.74) is 7.92. The van der Waals surface area contributed by atoms with Crippen molar-refractivity contribution in [3.8, 4) is 5.75 Å². The molecule has 0 spiro atoms. The van der Waals surface area contributed by atoms with E-state index >= 15 is 0 Å². The van der Waals surface area contributed by atoms with Crippen molar-refractivity contribution in [2.75, 3.05) is 11.4 Å². The molecule has 1 aliphatic rings. The molecule has 0 fully saturated rings. The Morgan fingerprint density at radius 2 is 2.00 bits per heavy atom. The molecule has 0 bridgehead atoms. The molecule has 2 aromatic carbocycles. The fourth-order valence-corrected chi connectivity index (χ4v) is 4.23. The predicted molar refractivity (Wildman–Crippen MR) is 114 cm³/mol. The van der Waals surface area contributed by atoms with Gasteiger partial charge in [-0.25, -0.2) is 5.43 Å². The van der Waals surface area contributed by atoms with Gasteiger partial charge in [-0.3, -0.25) is 4.79 Å². The maximum absolute atomic E-state index is 12.2. The zero-order valence-electron chi connectivity index (χ0n) is 17.3. The molecule has 1 heterocycles. The Balaban J connectivity index is 1.82. The third-order valence-electron chi connectivity index (χ3n) is 5.59. The zero-order valence-corrected chi connectivity index (χ0v) is 17.3. The Labute approximate surface area is 167 Å². The van der Waals surface area contributed by atoms with E-state index in [4.69, 9.17) is 0 Å². The lowest BCUT2D eigenvalue weighted by atomic mass is 9.79. The van der Waals surface area contributed by atoms with Crippen LogP contribution in [0.1, 0.15) is 67.1 Å². The first-order valence-corrected chi connectivity index (χ1v) is 9.77. The van der Waals surface area contributed by atoms with E-state index in [1.165, 1.54) is 23.4 Å². The molecule has 2 aromatic rings. The number of benzene rings is 2. The van der Waals surface area contributed by atoms with Crippen LogP contribution in [0.3, 0.4) is 0 Å². The van der Waals surface area contributed by atoms with Gasteiger partial charge >= 0.3 is 0 Å². The van der Waals surface area contributed by atoms with Crippen LogP contribution in [0.5, 0.6) is 5.75 Å². The van der Waals surface area contributed by atoms with Crippen molar-refractivity contribution in [3.05, 3.63) is 58.7 Å². The Hall–Kier alpha value is -2.82. The summed E-state index contributed by atoms with van der Waals surface area (Å²) in [4.78, 5) is 14.6. The number of rotatable bonds is 4. The molecule has 5 heteroatoms. The molecule has 3 rings (SSSR count). The number of hydrogen-bond donors (Lipinski definition) is 2. The number of aromatic hydroxyl groups is 1. The highest BCUT2D eigenvalue weighted by molar-refractivity contribution is 5.95. The van der Waals surface area contributed by atoms with Crippen LogP contribution in [0, 0.1) is 6.92 Å². The van der Waals surface area contributed by atoms with Crippen LogP contribution in [0.25, 0.3) is 0 Å². The van der Waals surface area contributed by atoms with E-state index in [2.05, 4.69) is 62.2 Å². The van der Waals surface area contributed by atoms with E-state index in [9.17, 15) is 9.90 Å². The zero-order chi connectivity index (χ0) is 20.5. The van der Waals surface area contributed by atoms with Gasteiger partial charge in [-0.05, 0) is 93.1 Å². The minimum Gasteiger partial charge on any atom is -0.508 e. The molecule has 0 saturated carbocycles. The third-order valence-corrected chi connectivity index (χ3v) is 5.59. The summed E-state index contributed by atoms with van der Waals surface area (Å²) in [6.45, 7) is 12.1. The van der Waals surface area contributed by atoms with Crippen molar-refractivity contribution in [3.63, 3.8) is 0 Å². The summed E-state index contributed by atoms with van der Waals surface area (Å²) >= 11 is 0. The molecule has 0 unspecified atom stereocenters. The SMILES string of the molecule is CCN1c2cc(C)c(/C=N\NC(=O)c3ccc(O)cc3)cc2[C@@H](C)CC1(C)C. The second kappa shape index (κ2) is 7.66. The highest BCUT2D eigenvalue weighted by Crippen LogP contribution is 2.43. The number of nitrogens with zero attached hydrogens (tertiary/aromatic N) is 2. The maximum Gasteiger partial charge on any atom is 0.271 e. The largest absolute Gasteiger partial charge is 0.508 e. The van der Waals surface area contributed by atoms with E-state index in [-0.39, 0.29) is 17.2 Å². The molecule has 1 atom stereocenters. The van der Waals surface area contributed by atoms with Gasteiger partial charge in [0.05, 0.1) is 6.21 Å². The van der Waals surface area contributed by atoms with Gasteiger partial charge in [0.25, 0.3) is 5.91 Å². The first-order valence-electron chi connectivity index (χ1n) is 9.77. The second-order valence-electron chi connectivity index (χ2n) is 8.18. The Kier molecular flexibility index (Phi) is 5.45. The Morgan fingerprint density at radius 1 is 1.32 bits per heavy atom. The maximum atomic E-state index is 12.2. The van der Waals surface area contributed by atoms with Gasteiger partial charge in [-0.1, -0.05) is 6.92 Å². The molecule has 0 radical (unpaired) electrons. The molecule has 148 valence electrons. The van der Waals surface area contributed by atoms with Crippen molar-refractivity contribution in [1.29, 1.82) is 0 Å². The Bertz CT molecular complexity index is 901. The van der Waals surface area contributed by atoms with Crippen LogP contribution in [0.2, 0.25) is 0 Å². The topological polar surface area (TPSA) is 64.9 Å². The summed E-state index contributed by atoms with van der Waals surface area (Å²) in [6, 6.07) is 10.5. The number of anilines is 1. The molecule has 0 saturated heterocycles. The summed E-state index contributed by atoms with van der Waals surface area (Å²) in [5, 5.41) is 13.5. The molecular formula is C23H29N3O2. The number of aryl methyl sites for hydroxylation is 1. The number of amides is 1. The van der Waals surface area contributed by atoms with Crippen LogP contribution in [0.4, 0.5) is 5.69 Å². The number of hydrazone groups is 1. The summed E-state index contributed by atoms with van der Waals surface area (Å²) in [7, 11) is 0. The monoisotopic (exact) mass is 379 g/mol. The summed E-state index contributed by atoms with van der Waals surface area (Å²) in [5.74, 6) is 0.287. The predicted octanol–water partition coefficient (Wildman–Crippen LogP) is 4.58. The molecule has 1 aliphatic heterocycles. The molecule has 0 aromatic heterocycles. The standard InChI is InChI=1S/C23H29N3O2/c1-6-26-21-11-15(2)18(12-20(21)16(3)13-23(26,4)5)14-24-25-22(28)17-7-9-19(27)10-8-17/h7-12,14,16,27H,6,13H2,1-5H3,(H,25,28)/b24-14-/t16-/m0/s1. The van der Waals surface area contributed by atoms with Crippen LogP contribution in [0.15, 0.2) is 41.5 Å². The average Bonchev–Trinajstić information content (AvgIpc) is 2.62. The highest BCUT2D eigenvalue weighted by atomic mass is 16.3. The van der Waals surface area contributed by atoms with Crippen LogP contribution in [-0.4, -0.2) is 29.3 Å². The van der Waals surface area contributed by atoms with E-state index < -0.39 is 0 Å². The number of carbonyl (C=O) groups excluding carboxylic acids is 1. The molecular weight excluding hydrogens is 350 g/mol. The van der Waals surface area contributed by atoms with E-state index in [0.717, 1.165) is 24.1 Å². The fraction of sp³-hybridized carbons (Fsp3) is 0.391. The van der Waals surface area contributed by atoms with Gasteiger partial charge < -0.3 is 10.0 Å². The van der Waals surface area contributed by atoms with Gasteiger partial charge in [0, 0.05) is 23.3 Å². The lowest BCUT2D eigenvalue weighted by Crippen LogP contribution is -2.48. The normalized spacial score (nSPS) is 18.2. The minimum atomic E-state index is -0.306. The second-order valence-corrected chi connectivity index (χ2v) is 8.18. The lowest BCUT2D eigenvalue weighted by molar-refractivity contribution is 0.0955. The number of phenolic OH excluding ortho intramolecular Hbond substituents is 1. The van der Waals surface area contributed by atoms with Crippen molar-refractivity contribution in [2.45, 2.75) is 52.5 Å². The quantitative estimate of drug-likeness (QED) is 0.604. The first-order chi connectivity index (χ1) is 13.2. The Morgan fingerprint density at radius 3 is 2.64 bits per heavy atom. The van der Waals surface area contributed by atoms with E-state index in [1.807, 2.05) is 0 Å². The summed E-state index contributed by atoms with van der Waals surface area (Å²) in [6.07, 6.45) is 2.81. The smallest absolute Gasteiger partial charge is 0.271 e. The number of nitrogens with one attached hydrogen (secondary N) is 1. The van der Waals surface area contributed by atoms with Gasteiger partial charge in [-0.2, -0.15) is 5.10 Å². The molecule has 0 aliphatic carbocycles. The summed E-state index contributed by atoms with van der Waals surface area (Å²) < 4.78 is 0. The molecule has 2 N–H and O–H groups in total. The first kappa shape index (κ1) is 19.9. The van der Waals surface area contributed by atoms with Gasteiger partial charge in [0.15, 0.2) is 0 Å². The highest BCUT2D eigenvalue weighted by Gasteiger charge is 2.35. The van der Waals surface area contributed by atoms with Crippen LogP contribution >= 0.6 is 0 Å². The third kappa shape index (κ3) is 3.88. The number of carbonyl (C=O) groups is 1. The van der Waals surface area contributed by atoms with E-state index in [1.54, 1.807) is 18.3 Å². The van der Waals surface area contributed by atoms with Gasteiger partial charge in [0.1, 0.15) is 5.75 Å². The minimum absolute atomic E-state index is 0.128. The number of hydrogen-bond acceptors (Lipinski definition) is 4. The van der Waals surface area contributed by atoms with Gasteiger partial charge in [0.2, 0.25) is 0 Å². The van der Waals surface area contributed by atoms with Crippen molar-refractivity contribution in [2.24, 2.45) is 5.10 Å². The van der Waals surface area contributed by atoms with E-state index in [0.29, 0.717) is 11.5 Å². The van der Waals surface area contributed by atoms with Crippen molar-refractivity contribution in [1.82, 2.24) is 5.43 Å². The van der Waals surface area contributed by atoms with Crippen LogP contribution < -0.4 is 10.3 Å². The van der Waals surface area contributed by atoms with Crippen LogP contribution in [-0.2, 0) is 0 Å². The van der Waals surface area contributed by atoms with Crippen molar-refractivity contribution >= 4 is 17.8 Å². The molecule has 28 heavy (non-hydrogen) atoms. The number of phenols is 1. The lowest BCUT2D eigenvalue weighted by Gasteiger charge is -2.47. The fourth-order valence-electron chi connectivity index (χ4n) is 4.23. The van der Waals surface area contributed by atoms with Crippen molar-refractivity contribution < 1.29 is 9.90 Å². The molecule has 1 amide bonds. The van der Waals surface area contributed by atoms with Gasteiger partial charge in [-0.15, -0.1) is 0 Å². The molecule has 5 nitrogen and oxygen atoms in total. The average molecular weight is 380 g/mol.